The van der Waals surface area contributed by atoms with E-state index in [1.54, 1.807) is 0 Å². The fraction of sp³-hybridized carbons (Fsp3) is 1.00. The molecule has 2 unspecified atom stereocenters. The standard InChI is InChI=1S/2C6H12O/c1-6-3-2-4-7-5-6;1-6-4-2-3-5-7-6/h2*6H,2-5H2,1H3. The van der Waals surface area contributed by atoms with Gasteiger partial charge in [-0.15, -0.1) is 0 Å². The van der Waals surface area contributed by atoms with Crippen molar-refractivity contribution in [2.75, 3.05) is 19.8 Å². The minimum absolute atomic E-state index is 0.536. The molecule has 0 aliphatic carbocycles. The Bertz CT molecular complexity index is 108. The largest absolute Gasteiger partial charge is 0.381 e. The highest BCUT2D eigenvalue weighted by molar-refractivity contribution is 4.56. The third-order valence-electron chi connectivity index (χ3n) is 2.80. The third kappa shape index (κ3) is 5.61. The highest BCUT2D eigenvalue weighted by atomic mass is 16.5. The summed E-state index contributed by atoms with van der Waals surface area (Å²) >= 11 is 0. The molecule has 2 aliphatic heterocycles. The highest BCUT2D eigenvalue weighted by Gasteiger charge is 2.06. The van der Waals surface area contributed by atoms with Crippen LogP contribution in [-0.2, 0) is 9.47 Å². The average molecular weight is 200 g/mol. The van der Waals surface area contributed by atoms with Crippen LogP contribution in [0.1, 0.15) is 46.0 Å². The predicted molar refractivity (Wildman–Crippen MR) is 58.5 cm³/mol. The van der Waals surface area contributed by atoms with Crippen molar-refractivity contribution in [3.8, 4) is 0 Å². The maximum atomic E-state index is 5.28. The second kappa shape index (κ2) is 7.24. The quantitative estimate of drug-likeness (QED) is 0.598. The summed E-state index contributed by atoms with van der Waals surface area (Å²) in [5.41, 5.74) is 0. The van der Waals surface area contributed by atoms with Gasteiger partial charge < -0.3 is 9.47 Å². The van der Waals surface area contributed by atoms with Crippen molar-refractivity contribution in [3.05, 3.63) is 0 Å². The average Bonchev–Trinajstić information content (AvgIpc) is 2.21. The summed E-state index contributed by atoms with van der Waals surface area (Å²) in [6, 6.07) is 0. The fourth-order valence-electron chi connectivity index (χ4n) is 1.80. The molecule has 2 saturated heterocycles. The zero-order valence-corrected chi connectivity index (χ0v) is 9.63. The van der Waals surface area contributed by atoms with E-state index in [-0.39, 0.29) is 0 Å². The van der Waals surface area contributed by atoms with Crippen molar-refractivity contribution < 1.29 is 9.47 Å². The topological polar surface area (TPSA) is 18.5 Å². The summed E-state index contributed by atoms with van der Waals surface area (Å²) in [7, 11) is 0. The van der Waals surface area contributed by atoms with Crippen molar-refractivity contribution in [1.82, 2.24) is 0 Å². The van der Waals surface area contributed by atoms with Crippen LogP contribution in [0.3, 0.4) is 0 Å². The molecule has 0 aromatic rings. The summed E-state index contributed by atoms with van der Waals surface area (Å²) in [5.74, 6) is 0.814. The van der Waals surface area contributed by atoms with E-state index in [1.807, 2.05) is 0 Å². The Labute approximate surface area is 88.0 Å². The van der Waals surface area contributed by atoms with Gasteiger partial charge in [0.1, 0.15) is 0 Å². The molecule has 2 fully saturated rings. The van der Waals surface area contributed by atoms with E-state index in [0.29, 0.717) is 6.10 Å². The molecule has 2 atom stereocenters. The Morgan fingerprint density at radius 3 is 2.07 bits per heavy atom. The lowest BCUT2D eigenvalue weighted by molar-refractivity contribution is 0.0285. The lowest BCUT2D eigenvalue weighted by atomic mass is 10.1. The van der Waals surface area contributed by atoms with Gasteiger partial charge in [0.15, 0.2) is 0 Å². The van der Waals surface area contributed by atoms with Crippen LogP contribution < -0.4 is 0 Å². The molecule has 0 bridgehead atoms. The van der Waals surface area contributed by atoms with Gasteiger partial charge in [-0.1, -0.05) is 6.92 Å². The SMILES string of the molecule is CC1CCCCO1.CC1CCCOC1. The Hall–Kier alpha value is -0.0800. The number of ether oxygens (including phenoxy) is 2. The summed E-state index contributed by atoms with van der Waals surface area (Å²) in [6.45, 7) is 7.34. The molecule has 0 N–H and O–H groups in total. The van der Waals surface area contributed by atoms with Gasteiger partial charge in [0, 0.05) is 19.8 Å². The van der Waals surface area contributed by atoms with Gasteiger partial charge in [-0.3, -0.25) is 0 Å². The van der Waals surface area contributed by atoms with E-state index in [2.05, 4.69) is 13.8 Å². The first-order chi connectivity index (χ1) is 6.79. The molecule has 0 spiro atoms. The van der Waals surface area contributed by atoms with Gasteiger partial charge in [0.25, 0.3) is 0 Å². The molecule has 0 aromatic carbocycles. The Morgan fingerprint density at radius 2 is 1.79 bits per heavy atom. The lowest BCUT2D eigenvalue weighted by Gasteiger charge is -2.17. The van der Waals surface area contributed by atoms with Gasteiger partial charge in [-0.05, 0) is 44.9 Å². The molecular weight excluding hydrogens is 176 g/mol. The van der Waals surface area contributed by atoms with Crippen LogP contribution in [0.5, 0.6) is 0 Å². The van der Waals surface area contributed by atoms with E-state index in [1.165, 1.54) is 32.1 Å². The number of hydrogen-bond donors (Lipinski definition) is 0. The molecular formula is C12H24O2. The molecule has 14 heavy (non-hydrogen) atoms. The summed E-state index contributed by atoms with van der Waals surface area (Å²) in [4.78, 5) is 0. The molecule has 2 aliphatic rings. The van der Waals surface area contributed by atoms with Crippen molar-refractivity contribution in [2.24, 2.45) is 5.92 Å². The summed E-state index contributed by atoms with van der Waals surface area (Å²) in [5, 5.41) is 0. The van der Waals surface area contributed by atoms with Crippen molar-refractivity contribution >= 4 is 0 Å². The summed E-state index contributed by atoms with van der Waals surface area (Å²) < 4.78 is 10.5. The van der Waals surface area contributed by atoms with Crippen LogP contribution in [0, 0.1) is 5.92 Å². The zero-order chi connectivity index (χ0) is 10.2. The van der Waals surface area contributed by atoms with Gasteiger partial charge in [0.05, 0.1) is 6.10 Å². The molecule has 2 heterocycles. The monoisotopic (exact) mass is 200 g/mol. The van der Waals surface area contributed by atoms with Crippen molar-refractivity contribution in [2.45, 2.75) is 52.1 Å². The Morgan fingerprint density at radius 1 is 0.929 bits per heavy atom. The van der Waals surface area contributed by atoms with Crippen LogP contribution >= 0.6 is 0 Å². The molecule has 2 nitrogen and oxygen atoms in total. The number of rotatable bonds is 0. The van der Waals surface area contributed by atoms with Crippen LogP contribution in [0.15, 0.2) is 0 Å². The van der Waals surface area contributed by atoms with Gasteiger partial charge in [0.2, 0.25) is 0 Å². The van der Waals surface area contributed by atoms with Crippen molar-refractivity contribution in [3.63, 3.8) is 0 Å². The molecule has 2 heteroatoms. The van der Waals surface area contributed by atoms with Crippen molar-refractivity contribution in [1.29, 1.82) is 0 Å². The minimum Gasteiger partial charge on any atom is -0.381 e. The zero-order valence-electron chi connectivity index (χ0n) is 9.63. The Kier molecular flexibility index (Phi) is 6.20. The summed E-state index contributed by atoms with van der Waals surface area (Å²) in [6.07, 6.45) is 7.06. The smallest absolute Gasteiger partial charge is 0.0547 e. The predicted octanol–water partition coefficient (Wildman–Crippen LogP) is 3.01. The van der Waals surface area contributed by atoms with Crippen LogP contribution in [-0.4, -0.2) is 25.9 Å². The highest BCUT2D eigenvalue weighted by Crippen LogP contribution is 2.11. The first-order valence-electron chi connectivity index (χ1n) is 5.98. The second-order valence-corrected chi connectivity index (χ2v) is 4.50. The van der Waals surface area contributed by atoms with Gasteiger partial charge in [-0.2, -0.15) is 0 Å². The first kappa shape index (κ1) is 12.0. The minimum atomic E-state index is 0.536. The van der Waals surface area contributed by atoms with Crippen LogP contribution in [0.2, 0.25) is 0 Å². The second-order valence-electron chi connectivity index (χ2n) is 4.50. The number of hydrogen-bond acceptors (Lipinski definition) is 2. The maximum absolute atomic E-state index is 5.28. The molecule has 2 rings (SSSR count). The van der Waals surface area contributed by atoms with E-state index in [9.17, 15) is 0 Å². The van der Waals surface area contributed by atoms with E-state index in [0.717, 1.165) is 25.7 Å². The van der Waals surface area contributed by atoms with E-state index in [4.69, 9.17) is 9.47 Å². The van der Waals surface area contributed by atoms with Crippen LogP contribution in [0.4, 0.5) is 0 Å². The first-order valence-corrected chi connectivity index (χ1v) is 5.98. The Balaban J connectivity index is 0.000000140. The molecule has 0 amide bonds. The maximum Gasteiger partial charge on any atom is 0.0547 e. The van der Waals surface area contributed by atoms with Gasteiger partial charge in [-0.25, -0.2) is 0 Å². The normalized spacial score (nSPS) is 33.0. The lowest BCUT2D eigenvalue weighted by Crippen LogP contribution is -2.14. The molecule has 84 valence electrons. The molecule has 0 aromatic heterocycles. The van der Waals surface area contributed by atoms with Gasteiger partial charge >= 0.3 is 0 Å². The third-order valence-corrected chi connectivity index (χ3v) is 2.80. The van der Waals surface area contributed by atoms with E-state index < -0.39 is 0 Å². The fourth-order valence-corrected chi connectivity index (χ4v) is 1.80. The van der Waals surface area contributed by atoms with Crippen LogP contribution in [0.25, 0.3) is 0 Å². The van der Waals surface area contributed by atoms with E-state index >= 15 is 0 Å². The molecule has 0 radical (unpaired) electrons. The molecule has 0 saturated carbocycles.